The number of nitrogens with one attached hydrogen (secondary N) is 1. The van der Waals surface area contributed by atoms with Crippen LogP contribution in [-0.2, 0) is 4.79 Å². The van der Waals surface area contributed by atoms with Crippen LogP contribution < -0.4 is 5.32 Å². The summed E-state index contributed by atoms with van der Waals surface area (Å²) in [6.45, 7) is 3.44. The van der Waals surface area contributed by atoms with Crippen LogP contribution in [-0.4, -0.2) is 28.2 Å². The first-order chi connectivity index (χ1) is 9.99. The van der Waals surface area contributed by atoms with E-state index in [-0.39, 0.29) is 11.6 Å². The molecule has 0 radical (unpaired) electrons. The fraction of sp³-hybridized carbons (Fsp3) is 0.267. The zero-order valence-electron chi connectivity index (χ0n) is 11.7. The quantitative estimate of drug-likeness (QED) is 0.879. The summed E-state index contributed by atoms with van der Waals surface area (Å²) in [5.74, 6) is -1.42. The van der Waals surface area contributed by atoms with Gasteiger partial charge in [0, 0.05) is 11.6 Å². The number of amides is 1. The van der Waals surface area contributed by atoms with E-state index in [2.05, 4.69) is 10.5 Å². The van der Waals surface area contributed by atoms with Crippen molar-refractivity contribution in [3.8, 4) is 11.3 Å². The predicted octanol–water partition coefficient (Wildman–Crippen LogP) is 2.18. The van der Waals surface area contributed by atoms with Crippen LogP contribution in [0.5, 0.6) is 0 Å². The van der Waals surface area contributed by atoms with Crippen molar-refractivity contribution in [3.05, 3.63) is 42.1 Å². The van der Waals surface area contributed by atoms with Crippen molar-refractivity contribution in [1.29, 1.82) is 0 Å². The first kappa shape index (κ1) is 14.8. The Morgan fingerprint density at radius 1 is 1.24 bits per heavy atom. The lowest BCUT2D eigenvalue weighted by atomic mass is 10.0. The molecule has 21 heavy (non-hydrogen) atoms. The van der Waals surface area contributed by atoms with Gasteiger partial charge in [0.15, 0.2) is 11.5 Å². The van der Waals surface area contributed by atoms with E-state index in [9.17, 15) is 9.59 Å². The molecule has 2 rings (SSSR count). The molecule has 0 saturated carbocycles. The molecule has 1 amide bonds. The number of carbonyl (C=O) groups excluding carboxylic acids is 1. The number of nitrogens with zero attached hydrogens (tertiary/aromatic N) is 1. The molecule has 6 heteroatoms. The SMILES string of the molecule is CC(C)[C@@H](NC(=O)c1cc(-c2ccccc2)on1)C(=O)O. The second-order valence-electron chi connectivity index (χ2n) is 4.98. The molecule has 0 spiro atoms. The number of aliphatic carboxylic acids is 1. The third-order valence-electron chi connectivity index (χ3n) is 3.02. The Morgan fingerprint density at radius 3 is 2.48 bits per heavy atom. The second-order valence-corrected chi connectivity index (χ2v) is 4.98. The van der Waals surface area contributed by atoms with Crippen LogP contribution >= 0.6 is 0 Å². The summed E-state index contributed by atoms with van der Waals surface area (Å²) in [5.41, 5.74) is 0.850. The maximum atomic E-state index is 12.0. The lowest BCUT2D eigenvalue weighted by Crippen LogP contribution is -2.44. The van der Waals surface area contributed by atoms with Crippen molar-refractivity contribution < 1.29 is 19.2 Å². The van der Waals surface area contributed by atoms with Gasteiger partial charge in [-0.15, -0.1) is 0 Å². The summed E-state index contributed by atoms with van der Waals surface area (Å²) in [5, 5.41) is 15.2. The molecule has 0 aliphatic carbocycles. The third kappa shape index (κ3) is 3.47. The molecule has 6 nitrogen and oxygen atoms in total. The molecule has 0 aliphatic heterocycles. The molecule has 0 bridgehead atoms. The van der Waals surface area contributed by atoms with E-state index in [0.717, 1.165) is 5.56 Å². The van der Waals surface area contributed by atoms with Gasteiger partial charge in [-0.25, -0.2) is 4.79 Å². The van der Waals surface area contributed by atoms with E-state index in [4.69, 9.17) is 9.63 Å². The highest BCUT2D eigenvalue weighted by Gasteiger charge is 2.25. The standard InChI is InChI=1S/C15H16N2O4/c1-9(2)13(15(19)20)16-14(18)11-8-12(21-17-11)10-6-4-3-5-7-10/h3-9,13H,1-2H3,(H,16,18)(H,19,20)/t13-/m1/s1. The minimum atomic E-state index is -1.08. The van der Waals surface area contributed by atoms with Gasteiger partial charge in [-0.05, 0) is 5.92 Å². The molecule has 0 unspecified atom stereocenters. The molecule has 0 aliphatic rings. The Balaban J connectivity index is 2.14. The van der Waals surface area contributed by atoms with E-state index in [0.29, 0.717) is 5.76 Å². The van der Waals surface area contributed by atoms with Gasteiger partial charge in [0.05, 0.1) is 0 Å². The number of carbonyl (C=O) groups is 2. The van der Waals surface area contributed by atoms with Crippen LogP contribution in [0.15, 0.2) is 40.9 Å². The van der Waals surface area contributed by atoms with Gasteiger partial charge in [0.1, 0.15) is 6.04 Å². The van der Waals surface area contributed by atoms with Crippen LogP contribution in [0.25, 0.3) is 11.3 Å². The molecule has 2 aromatic rings. The predicted molar refractivity (Wildman–Crippen MR) is 75.7 cm³/mol. The smallest absolute Gasteiger partial charge is 0.326 e. The first-order valence-corrected chi connectivity index (χ1v) is 6.55. The monoisotopic (exact) mass is 288 g/mol. The van der Waals surface area contributed by atoms with Gasteiger partial charge in [-0.2, -0.15) is 0 Å². The van der Waals surface area contributed by atoms with Crippen molar-refractivity contribution in [3.63, 3.8) is 0 Å². The Labute approximate surface area is 121 Å². The van der Waals surface area contributed by atoms with Crippen molar-refractivity contribution >= 4 is 11.9 Å². The maximum absolute atomic E-state index is 12.0. The van der Waals surface area contributed by atoms with Crippen molar-refractivity contribution in [2.45, 2.75) is 19.9 Å². The van der Waals surface area contributed by atoms with E-state index in [1.54, 1.807) is 13.8 Å². The molecule has 1 aromatic heterocycles. The zero-order chi connectivity index (χ0) is 15.4. The van der Waals surface area contributed by atoms with E-state index in [1.165, 1.54) is 6.07 Å². The summed E-state index contributed by atoms with van der Waals surface area (Å²) < 4.78 is 5.12. The Bertz CT molecular complexity index is 634. The second kappa shape index (κ2) is 6.21. The average molecular weight is 288 g/mol. The van der Waals surface area contributed by atoms with Gasteiger partial charge >= 0.3 is 5.97 Å². The summed E-state index contributed by atoms with van der Waals surface area (Å²) in [7, 11) is 0. The van der Waals surface area contributed by atoms with Crippen LogP contribution in [0.4, 0.5) is 0 Å². The highest BCUT2D eigenvalue weighted by atomic mass is 16.5. The van der Waals surface area contributed by atoms with Crippen molar-refractivity contribution in [2.75, 3.05) is 0 Å². The van der Waals surface area contributed by atoms with Crippen molar-refractivity contribution in [1.82, 2.24) is 10.5 Å². The van der Waals surface area contributed by atoms with Gasteiger partial charge in [-0.3, -0.25) is 4.79 Å². The van der Waals surface area contributed by atoms with E-state index in [1.807, 2.05) is 30.3 Å². The number of carboxylic acid groups (broad SMARTS) is 1. The molecule has 1 aromatic carbocycles. The Morgan fingerprint density at radius 2 is 1.90 bits per heavy atom. The fourth-order valence-corrected chi connectivity index (χ4v) is 1.85. The normalized spacial score (nSPS) is 12.1. The number of rotatable bonds is 5. The van der Waals surface area contributed by atoms with Gasteiger partial charge in [0.2, 0.25) is 0 Å². The van der Waals surface area contributed by atoms with Gasteiger partial charge in [0.25, 0.3) is 5.91 Å². The molecular formula is C15H16N2O4. The van der Waals surface area contributed by atoms with E-state index >= 15 is 0 Å². The largest absolute Gasteiger partial charge is 0.480 e. The number of hydrogen-bond donors (Lipinski definition) is 2. The lowest BCUT2D eigenvalue weighted by Gasteiger charge is -2.16. The lowest BCUT2D eigenvalue weighted by molar-refractivity contribution is -0.140. The van der Waals surface area contributed by atoms with Crippen molar-refractivity contribution in [2.24, 2.45) is 5.92 Å². The Hall–Kier alpha value is -2.63. The van der Waals surface area contributed by atoms with Crippen LogP contribution in [0.2, 0.25) is 0 Å². The third-order valence-corrected chi connectivity index (χ3v) is 3.02. The van der Waals surface area contributed by atoms with Gasteiger partial charge < -0.3 is 14.9 Å². The number of carboxylic acids is 1. The number of hydrogen-bond acceptors (Lipinski definition) is 4. The molecule has 0 fully saturated rings. The van der Waals surface area contributed by atoms with Gasteiger partial charge in [-0.1, -0.05) is 49.3 Å². The number of benzene rings is 1. The summed E-state index contributed by atoms with van der Waals surface area (Å²) in [4.78, 5) is 23.1. The molecule has 2 N–H and O–H groups in total. The minimum Gasteiger partial charge on any atom is -0.480 e. The topological polar surface area (TPSA) is 92.4 Å². The summed E-state index contributed by atoms with van der Waals surface area (Å²) >= 11 is 0. The highest BCUT2D eigenvalue weighted by Crippen LogP contribution is 2.19. The minimum absolute atomic E-state index is 0.0563. The number of aromatic nitrogens is 1. The van der Waals surface area contributed by atoms with Crippen LogP contribution in [0.1, 0.15) is 24.3 Å². The average Bonchev–Trinajstić information content (AvgIpc) is 2.94. The Kier molecular flexibility index (Phi) is 4.37. The molecule has 1 atom stereocenters. The molecule has 110 valence electrons. The fourth-order valence-electron chi connectivity index (χ4n) is 1.85. The van der Waals surface area contributed by atoms with E-state index < -0.39 is 17.9 Å². The molecular weight excluding hydrogens is 272 g/mol. The molecule has 0 saturated heterocycles. The molecule has 1 heterocycles. The van der Waals surface area contributed by atoms with Crippen LogP contribution in [0, 0.1) is 5.92 Å². The first-order valence-electron chi connectivity index (χ1n) is 6.55. The maximum Gasteiger partial charge on any atom is 0.326 e. The van der Waals surface area contributed by atoms with Crippen LogP contribution in [0.3, 0.4) is 0 Å². The summed E-state index contributed by atoms with van der Waals surface area (Å²) in [6.07, 6.45) is 0. The highest BCUT2D eigenvalue weighted by molar-refractivity contribution is 5.95. The summed E-state index contributed by atoms with van der Waals surface area (Å²) in [6, 6.07) is 9.74. The zero-order valence-corrected chi connectivity index (χ0v) is 11.7.